The van der Waals surface area contributed by atoms with Gasteiger partial charge in [0.05, 0.1) is 12.5 Å². The van der Waals surface area contributed by atoms with Gasteiger partial charge in [-0.25, -0.2) is 0 Å². The van der Waals surface area contributed by atoms with E-state index in [0.717, 1.165) is 0 Å². The summed E-state index contributed by atoms with van der Waals surface area (Å²) >= 11 is 0. The van der Waals surface area contributed by atoms with Gasteiger partial charge < -0.3 is 14.3 Å². The molecule has 14 heavy (non-hydrogen) atoms. The quantitative estimate of drug-likeness (QED) is 0.689. The fourth-order valence-electron chi connectivity index (χ4n) is 1.26. The van der Waals surface area contributed by atoms with Crippen molar-refractivity contribution in [3.8, 4) is 5.75 Å². The van der Waals surface area contributed by atoms with E-state index in [1.807, 2.05) is 0 Å². The molecule has 0 amide bonds. The molecule has 0 unspecified atom stereocenters. The van der Waals surface area contributed by atoms with E-state index in [1.165, 1.54) is 24.7 Å². The van der Waals surface area contributed by atoms with E-state index in [4.69, 9.17) is 9.15 Å². The first-order valence-corrected chi connectivity index (χ1v) is 4.05. The second-order valence-electron chi connectivity index (χ2n) is 2.87. The molecule has 72 valence electrons. The second-order valence-corrected chi connectivity index (χ2v) is 2.87. The van der Waals surface area contributed by atoms with Gasteiger partial charge in [0.1, 0.15) is 0 Å². The smallest absolute Gasteiger partial charge is 0.224 e. The number of furan rings is 1. The van der Waals surface area contributed by atoms with Crippen molar-refractivity contribution in [2.75, 3.05) is 0 Å². The fourth-order valence-corrected chi connectivity index (χ4v) is 1.26. The van der Waals surface area contributed by atoms with Crippen molar-refractivity contribution in [1.29, 1.82) is 0 Å². The number of aromatic hydroxyl groups is 1. The van der Waals surface area contributed by atoms with Crippen molar-refractivity contribution in [1.82, 2.24) is 0 Å². The topological polar surface area (TPSA) is 59.7 Å². The van der Waals surface area contributed by atoms with Crippen LogP contribution in [0.15, 0.2) is 34.8 Å². The Labute approximate surface area is 80.1 Å². The van der Waals surface area contributed by atoms with E-state index in [0.29, 0.717) is 5.57 Å². The number of ether oxygens (including phenoxy) is 1. The average Bonchev–Trinajstić information content (AvgIpc) is 2.73. The molecule has 4 nitrogen and oxygen atoms in total. The lowest BCUT2D eigenvalue weighted by molar-refractivity contribution is -0.112. The lowest BCUT2D eigenvalue weighted by Gasteiger charge is -2.01. The van der Waals surface area contributed by atoms with Gasteiger partial charge in [-0.2, -0.15) is 0 Å². The van der Waals surface area contributed by atoms with E-state index in [2.05, 4.69) is 0 Å². The highest BCUT2D eigenvalue weighted by Crippen LogP contribution is 2.30. The van der Waals surface area contributed by atoms with Crippen molar-refractivity contribution in [2.45, 2.75) is 6.92 Å². The third-order valence-electron chi connectivity index (χ3n) is 1.95. The number of carbonyl (C=O) groups excluding carboxylic acids is 1. The van der Waals surface area contributed by atoms with Crippen LogP contribution in [0.3, 0.4) is 0 Å². The van der Waals surface area contributed by atoms with Crippen LogP contribution in [0.5, 0.6) is 5.75 Å². The number of ketones is 1. The van der Waals surface area contributed by atoms with Gasteiger partial charge in [0.25, 0.3) is 0 Å². The largest absolute Gasteiger partial charge is 0.504 e. The molecule has 1 N–H and O–H groups in total. The van der Waals surface area contributed by atoms with Gasteiger partial charge in [-0.05, 0) is 6.92 Å². The molecule has 0 aliphatic carbocycles. The fraction of sp³-hybridized carbons (Fsp3) is 0.100. The minimum Gasteiger partial charge on any atom is -0.504 e. The molecule has 0 radical (unpaired) electrons. The minimum absolute atomic E-state index is 0.00157. The summed E-state index contributed by atoms with van der Waals surface area (Å²) in [7, 11) is 0. The summed E-state index contributed by atoms with van der Waals surface area (Å²) in [4.78, 5) is 11.2. The van der Waals surface area contributed by atoms with Gasteiger partial charge in [-0.1, -0.05) is 0 Å². The molecule has 1 aliphatic heterocycles. The van der Waals surface area contributed by atoms with Crippen molar-refractivity contribution in [2.24, 2.45) is 0 Å². The van der Waals surface area contributed by atoms with Gasteiger partial charge in [0.15, 0.2) is 17.3 Å². The summed E-state index contributed by atoms with van der Waals surface area (Å²) in [6.45, 7) is 1.65. The van der Waals surface area contributed by atoms with Crippen molar-refractivity contribution < 1.29 is 19.1 Å². The number of hydrogen-bond donors (Lipinski definition) is 1. The summed E-state index contributed by atoms with van der Waals surface area (Å²) in [5.41, 5.74) is 0.488. The van der Waals surface area contributed by atoms with Crippen molar-refractivity contribution >= 4 is 11.4 Å². The first-order chi connectivity index (χ1) is 6.70. The Kier molecular flexibility index (Phi) is 1.89. The zero-order valence-corrected chi connectivity index (χ0v) is 7.48. The Morgan fingerprint density at radius 3 is 2.79 bits per heavy atom. The molecule has 0 saturated heterocycles. The molecule has 2 rings (SSSR count). The first-order valence-electron chi connectivity index (χ1n) is 4.05. The monoisotopic (exact) mass is 192 g/mol. The number of rotatable bonds is 1. The molecular weight excluding hydrogens is 184 g/mol. The Balaban J connectivity index is 2.46. The maximum Gasteiger partial charge on any atom is 0.224 e. The summed E-state index contributed by atoms with van der Waals surface area (Å²) in [5.74, 6) is 0.226. The van der Waals surface area contributed by atoms with E-state index in [-0.39, 0.29) is 23.1 Å². The summed E-state index contributed by atoms with van der Waals surface area (Å²) < 4.78 is 10.0. The van der Waals surface area contributed by atoms with Crippen LogP contribution in [0.1, 0.15) is 12.7 Å². The molecule has 0 spiro atoms. The average molecular weight is 192 g/mol. The maximum absolute atomic E-state index is 11.2. The Morgan fingerprint density at radius 1 is 1.50 bits per heavy atom. The number of allylic oxidation sites excluding steroid dienone is 2. The molecule has 0 atom stereocenters. The third kappa shape index (κ3) is 1.21. The maximum atomic E-state index is 11.2. The highest BCUT2D eigenvalue weighted by Gasteiger charge is 2.20. The lowest BCUT2D eigenvalue weighted by atomic mass is 10.1. The van der Waals surface area contributed by atoms with E-state index < -0.39 is 0 Å². The molecule has 0 aromatic carbocycles. The molecular formula is C10H8O4. The second kappa shape index (κ2) is 3.06. The summed E-state index contributed by atoms with van der Waals surface area (Å²) in [6.07, 6.45) is 3.97. The van der Waals surface area contributed by atoms with Gasteiger partial charge in [-0.15, -0.1) is 0 Å². The molecule has 0 bridgehead atoms. The standard InChI is InChI=1S/C10H8O4/c1-6(9-7(11)2-4-13-9)10-8(12)3-5-14-10/h2-5,11H,1H3. The lowest BCUT2D eigenvalue weighted by Crippen LogP contribution is -1.96. The van der Waals surface area contributed by atoms with Crippen LogP contribution in [0, 0.1) is 0 Å². The van der Waals surface area contributed by atoms with Gasteiger partial charge >= 0.3 is 0 Å². The molecule has 1 aromatic heterocycles. The molecule has 1 aromatic rings. The molecule has 2 heterocycles. The van der Waals surface area contributed by atoms with Gasteiger partial charge in [0, 0.05) is 17.7 Å². The van der Waals surface area contributed by atoms with E-state index in [1.54, 1.807) is 6.92 Å². The normalized spacial score (nSPS) is 18.5. The number of hydrogen-bond acceptors (Lipinski definition) is 4. The van der Waals surface area contributed by atoms with E-state index >= 15 is 0 Å². The summed E-state index contributed by atoms with van der Waals surface area (Å²) in [5, 5.41) is 9.35. The zero-order valence-electron chi connectivity index (χ0n) is 7.48. The van der Waals surface area contributed by atoms with Crippen LogP contribution >= 0.6 is 0 Å². The SMILES string of the molecule is CC(=C1OC=CC1=O)c1occc1O. The zero-order chi connectivity index (χ0) is 10.1. The minimum atomic E-state index is -0.224. The van der Waals surface area contributed by atoms with Gasteiger partial charge in [-0.3, -0.25) is 4.79 Å². The van der Waals surface area contributed by atoms with E-state index in [9.17, 15) is 9.90 Å². The molecule has 1 aliphatic rings. The van der Waals surface area contributed by atoms with Crippen LogP contribution in [-0.2, 0) is 9.53 Å². The Hall–Kier alpha value is -1.97. The van der Waals surface area contributed by atoms with Crippen LogP contribution in [0.25, 0.3) is 5.57 Å². The number of carbonyl (C=O) groups is 1. The van der Waals surface area contributed by atoms with Crippen LogP contribution in [0.4, 0.5) is 0 Å². The highest BCUT2D eigenvalue weighted by molar-refractivity contribution is 6.08. The third-order valence-corrected chi connectivity index (χ3v) is 1.95. The molecule has 0 fully saturated rings. The Morgan fingerprint density at radius 2 is 2.29 bits per heavy atom. The van der Waals surface area contributed by atoms with Crippen LogP contribution in [0.2, 0.25) is 0 Å². The van der Waals surface area contributed by atoms with Crippen molar-refractivity contribution in [3.05, 3.63) is 36.2 Å². The van der Waals surface area contributed by atoms with Gasteiger partial charge in [0.2, 0.25) is 5.78 Å². The van der Waals surface area contributed by atoms with Crippen LogP contribution < -0.4 is 0 Å². The van der Waals surface area contributed by atoms with Crippen molar-refractivity contribution in [3.63, 3.8) is 0 Å². The first kappa shape index (κ1) is 8.62. The highest BCUT2D eigenvalue weighted by atomic mass is 16.5. The summed E-state index contributed by atoms with van der Waals surface area (Å²) in [6, 6.07) is 1.41. The molecule has 4 heteroatoms. The molecule has 0 saturated carbocycles. The predicted molar refractivity (Wildman–Crippen MR) is 48.2 cm³/mol. The van der Waals surface area contributed by atoms with Crippen LogP contribution in [-0.4, -0.2) is 10.9 Å². The predicted octanol–water partition coefficient (Wildman–Crippen LogP) is 1.83. The Bertz CT molecular complexity index is 437.